The molecule has 0 aliphatic rings. The molecular formula is C12H13F2NOS. The Balaban J connectivity index is 2.81. The summed E-state index contributed by atoms with van der Waals surface area (Å²) in [7, 11) is 0. The van der Waals surface area contributed by atoms with Crippen LogP contribution in [0, 0.1) is 0 Å². The van der Waals surface area contributed by atoms with E-state index in [2.05, 4.69) is 11.9 Å². The molecule has 92 valence electrons. The van der Waals surface area contributed by atoms with Gasteiger partial charge in [-0.25, -0.2) is 0 Å². The lowest BCUT2D eigenvalue weighted by Crippen LogP contribution is -2.25. The second-order valence-electron chi connectivity index (χ2n) is 3.51. The minimum absolute atomic E-state index is 0.263. The third-order valence-corrected chi connectivity index (χ3v) is 2.69. The molecule has 0 heterocycles. The Labute approximate surface area is 103 Å². The highest BCUT2D eigenvalue weighted by molar-refractivity contribution is 7.99. The number of nitrogens with one attached hydrogen (secondary N) is 1. The molecule has 0 spiro atoms. The first-order chi connectivity index (χ1) is 8.00. The van der Waals surface area contributed by atoms with Crippen molar-refractivity contribution in [1.29, 1.82) is 0 Å². The van der Waals surface area contributed by atoms with Crippen molar-refractivity contribution in [3.05, 3.63) is 42.0 Å². The molecule has 5 heteroatoms. The van der Waals surface area contributed by atoms with Crippen molar-refractivity contribution >= 4 is 17.7 Å². The van der Waals surface area contributed by atoms with Crippen molar-refractivity contribution in [3.63, 3.8) is 0 Å². The summed E-state index contributed by atoms with van der Waals surface area (Å²) in [6, 6.07) is 6.30. The smallest absolute Gasteiger partial charge is 0.288 e. The van der Waals surface area contributed by atoms with Crippen LogP contribution in [0.1, 0.15) is 17.3 Å². The highest BCUT2D eigenvalue weighted by Crippen LogP contribution is 2.28. The predicted molar refractivity (Wildman–Crippen MR) is 65.5 cm³/mol. The molecule has 0 aliphatic heterocycles. The highest BCUT2D eigenvalue weighted by Gasteiger charge is 2.14. The largest absolute Gasteiger partial charge is 0.348 e. The summed E-state index contributed by atoms with van der Waals surface area (Å²) in [5.74, 6) is -2.90. The van der Waals surface area contributed by atoms with E-state index in [-0.39, 0.29) is 16.4 Å². The summed E-state index contributed by atoms with van der Waals surface area (Å²) in [5.41, 5.74) is 1.07. The number of alkyl halides is 2. The summed E-state index contributed by atoms with van der Waals surface area (Å²) < 4.78 is 24.6. The van der Waals surface area contributed by atoms with Crippen molar-refractivity contribution in [2.24, 2.45) is 0 Å². The molecule has 1 amide bonds. The van der Waals surface area contributed by atoms with Crippen molar-refractivity contribution in [1.82, 2.24) is 5.32 Å². The molecule has 0 fully saturated rings. The molecule has 0 radical (unpaired) electrons. The second kappa shape index (κ2) is 6.39. The standard InChI is InChI=1S/C12H13F2NOS/c1-8(2)7-15-11(16)9-5-3-4-6-10(9)17-12(13)14/h3-6,12H,1,7H2,2H3,(H,15,16). The summed E-state index contributed by atoms with van der Waals surface area (Å²) in [4.78, 5) is 12.0. The molecular weight excluding hydrogens is 244 g/mol. The quantitative estimate of drug-likeness (QED) is 0.647. The normalized spacial score (nSPS) is 10.4. The molecule has 1 aromatic carbocycles. The van der Waals surface area contributed by atoms with Gasteiger partial charge in [0.2, 0.25) is 0 Å². The number of rotatable bonds is 5. The first kappa shape index (κ1) is 13.7. The summed E-state index contributed by atoms with van der Waals surface area (Å²) >= 11 is 0.371. The molecule has 0 saturated carbocycles. The monoisotopic (exact) mass is 257 g/mol. The van der Waals surface area contributed by atoms with Crippen LogP contribution in [0.5, 0.6) is 0 Å². The fourth-order valence-corrected chi connectivity index (χ4v) is 1.82. The lowest BCUT2D eigenvalue weighted by molar-refractivity contribution is 0.0954. The zero-order valence-corrected chi connectivity index (χ0v) is 10.2. The van der Waals surface area contributed by atoms with Crippen LogP contribution in [0.15, 0.2) is 41.3 Å². The number of carbonyl (C=O) groups excluding carboxylic acids is 1. The molecule has 1 N–H and O–H groups in total. The van der Waals surface area contributed by atoms with Crippen LogP contribution in [-0.4, -0.2) is 18.2 Å². The number of halogens is 2. The van der Waals surface area contributed by atoms with E-state index in [4.69, 9.17) is 0 Å². The van der Waals surface area contributed by atoms with Crippen molar-refractivity contribution in [2.45, 2.75) is 17.6 Å². The van der Waals surface area contributed by atoms with E-state index in [0.717, 1.165) is 5.57 Å². The van der Waals surface area contributed by atoms with Crippen molar-refractivity contribution < 1.29 is 13.6 Å². The molecule has 0 saturated heterocycles. The molecule has 17 heavy (non-hydrogen) atoms. The lowest BCUT2D eigenvalue weighted by atomic mass is 10.2. The van der Waals surface area contributed by atoms with Gasteiger partial charge < -0.3 is 5.32 Å². The van der Waals surface area contributed by atoms with E-state index in [1.807, 2.05) is 0 Å². The number of hydrogen-bond donors (Lipinski definition) is 1. The maximum atomic E-state index is 12.3. The van der Waals surface area contributed by atoms with Crippen LogP contribution in [0.2, 0.25) is 0 Å². The Hall–Kier alpha value is -1.36. The van der Waals surface area contributed by atoms with Gasteiger partial charge >= 0.3 is 0 Å². The van der Waals surface area contributed by atoms with Gasteiger partial charge in [-0.3, -0.25) is 4.79 Å². The van der Waals surface area contributed by atoms with Gasteiger partial charge in [0.05, 0.1) is 5.56 Å². The Kier molecular flexibility index (Phi) is 5.15. The Morgan fingerprint density at radius 1 is 1.47 bits per heavy atom. The zero-order valence-electron chi connectivity index (χ0n) is 9.37. The highest BCUT2D eigenvalue weighted by atomic mass is 32.2. The Morgan fingerprint density at radius 3 is 2.71 bits per heavy atom. The van der Waals surface area contributed by atoms with E-state index < -0.39 is 5.76 Å². The SMILES string of the molecule is C=C(C)CNC(=O)c1ccccc1SC(F)F. The van der Waals surface area contributed by atoms with Gasteiger partial charge in [0.25, 0.3) is 11.7 Å². The fourth-order valence-electron chi connectivity index (χ4n) is 1.18. The maximum Gasteiger partial charge on any atom is 0.288 e. The fraction of sp³-hybridized carbons (Fsp3) is 0.250. The second-order valence-corrected chi connectivity index (χ2v) is 4.55. The Morgan fingerprint density at radius 2 is 2.12 bits per heavy atom. The minimum atomic E-state index is -2.54. The van der Waals surface area contributed by atoms with Crippen LogP contribution in [0.3, 0.4) is 0 Å². The minimum Gasteiger partial charge on any atom is -0.348 e. The average molecular weight is 257 g/mol. The van der Waals surface area contributed by atoms with Gasteiger partial charge in [0.1, 0.15) is 0 Å². The van der Waals surface area contributed by atoms with E-state index in [9.17, 15) is 13.6 Å². The third-order valence-electron chi connectivity index (χ3n) is 1.90. The topological polar surface area (TPSA) is 29.1 Å². The van der Waals surface area contributed by atoms with Crippen LogP contribution in [0.4, 0.5) is 8.78 Å². The number of benzene rings is 1. The van der Waals surface area contributed by atoms with E-state index >= 15 is 0 Å². The van der Waals surface area contributed by atoms with Crippen LogP contribution in [-0.2, 0) is 0 Å². The number of amides is 1. The molecule has 0 bridgehead atoms. The van der Waals surface area contributed by atoms with Gasteiger partial charge in [-0.05, 0) is 19.1 Å². The first-order valence-electron chi connectivity index (χ1n) is 4.97. The number of carbonyl (C=O) groups is 1. The van der Waals surface area contributed by atoms with Gasteiger partial charge in [-0.15, -0.1) is 0 Å². The van der Waals surface area contributed by atoms with Crippen molar-refractivity contribution in [2.75, 3.05) is 6.54 Å². The van der Waals surface area contributed by atoms with Crippen LogP contribution >= 0.6 is 11.8 Å². The lowest BCUT2D eigenvalue weighted by Gasteiger charge is -2.09. The van der Waals surface area contributed by atoms with Gasteiger partial charge in [0.15, 0.2) is 0 Å². The van der Waals surface area contributed by atoms with Crippen LogP contribution in [0.25, 0.3) is 0 Å². The summed E-state index contributed by atoms with van der Waals surface area (Å²) in [6.45, 7) is 5.77. The maximum absolute atomic E-state index is 12.3. The summed E-state index contributed by atoms with van der Waals surface area (Å²) in [5, 5.41) is 2.62. The molecule has 0 aromatic heterocycles. The molecule has 1 aromatic rings. The molecule has 0 atom stereocenters. The average Bonchev–Trinajstić information content (AvgIpc) is 2.25. The Bertz CT molecular complexity index is 421. The molecule has 2 nitrogen and oxygen atoms in total. The van der Waals surface area contributed by atoms with Gasteiger partial charge in [-0.2, -0.15) is 8.78 Å². The summed E-state index contributed by atoms with van der Waals surface area (Å²) in [6.07, 6.45) is 0. The van der Waals surface area contributed by atoms with E-state index in [1.54, 1.807) is 19.1 Å². The molecule has 1 rings (SSSR count). The molecule has 0 aliphatic carbocycles. The third kappa shape index (κ3) is 4.56. The van der Waals surface area contributed by atoms with Crippen LogP contribution < -0.4 is 5.32 Å². The van der Waals surface area contributed by atoms with E-state index in [0.29, 0.717) is 18.3 Å². The first-order valence-corrected chi connectivity index (χ1v) is 5.85. The molecule has 0 unspecified atom stereocenters. The van der Waals surface area contributed by atoms with Gasteiger partial charge in [0, 0.05) is 11.4 Å². The zero-order chi connectivity index (χ0) is 12.8. The van der Waals surface area contributed by atoms with E-state index in [1.165, 1.54) is 12.1 Å². The van der Waals surface area contributed by atoms with Crippen molar-refractivity contribution in [3.8, 4) is 0 Å². The predicted octanol–water partition coefficient (Wildman–Crippen LogP) is 3.31. The van der Waals surface area contributed by atoms with Gasteiger partial charge in [-0.1, -0.05) is 36.0 Å². The number of thioether (sulfide) groups is 1. The number of hydrogen-bond acceptors (Lipinski definition) is 2.